The summed E-state index contributed by atoms with van der Waals surface area (Å²) in [7, 11) is -0.967. The average molecular weight is 297 g/mol. The van der Waals surface area contributed by atoms with Crippen molar-refractivity contribution in [1.29, 1.82) is 0 Å². The van der Waals surface area contributed by atoms with Crippen molar-refractivity contribution >= 4 is 15.8 Å². The molecule has 1 aliphatic heterocycles. The number of nitrogens with zero attached hydrogens (tertiary/aromatic N) is 1. The van der Waals surface area contributed by atoms with Gasteiger partial charge < -0.3 is 5.11 Å². The summed E-state index contributed by atoms with van der Waals surface area (Å²) in [5.74, 6) is -0.454. The molecule has 1 N–H and O–H groups in total. The summed E-state index contributed by atoms with van der Waals surface area (Å²) in [5, 5.41) is 8.94. The van der Waals surface area contributed by atoms with Crippen molar-refractivity contribution in [2.75, 3.05) is 18.6 Å². The van der Waals surface area contributed by atoms with E-state index in [4.69, 9.17) is 5.11 Å². The van der Waals surface area contributed by atoms with Gasteiger partial charge in [0.15, 0.2) is 9.84 Å². The molecule has 0 saturated carbocycles. The van der Waals surface area contributed by atoms with Crippen LogP contribution in [0.5, 0.6) is 0 Å². The predicted octanol–water partition coefficient (Wildman–Crippen LogP) is 1.31. The molecule has 1 unspecified atom stereocenters. The van der Waals surface area contributed by atoms with E-state index >= 15 is 0 Å². The molecule has 20 heavy (non-hydrogen) atoms. The third-order valence-electron chi connectivity index (χ3n) is 3.84. The second-order valence-corrected chi connectivity index (χ2v) is 7.65. The fourth-order valence-corrected chi connectivity index (χ4v) is 4.33. The fraction of sp³-hybridized carbons (Fsp3) is 0.500. The monoisotopic (exact) mass is 297 g/mol. The van der Waals surface area contributed by atoms with Crippen LogP contribution in [0.1, 0.15) is 27.9 Å². The first-order chi connectivity index (χ1) is 9.28. The van der Waals surface area contributed by atoms with E-state index in [2.05, 4.69) is 0 Å². The predicted molar refractivity (Wildman–Crippen MR) is 76.7 cm³/mol. The largest absolute Gasteiger partial charge is 0.478 e. The molecule has 0 amide bonds. The number of carbonyl (C=O) groups is 1. The maximum absolute atomic E-state index is 11.5. The lowest BCUT2D eigenvalue weighted by atomic mass is 10.0. The summed E-state index contributed by atoms with van der Waals surface area (Å²) < 4.78 is 23.0. The maximum Gasteiger partial charge on any atom is 0.335 e. The third-order valence-corrected chi connectivity index (χ3v) is 5.59. The number of aryl methyl sites for hydroxylation is 1. The number of sulfone groups is 1. The summed E-state index contributed by atoms with van der Waals surface area (Å²) in [6.07, 6.45) is 0.672. The van der Waals surface area contributed by atoms with E-state index in [1.54, 1.807) is 18.2 Å². The molecule has 5 nitrogen and oxygen atoms in total. The first-order valence-electron chi connectivity index (χ1n) is 6.52. The lowest BCUT2D eigenvalue weighted by Gasteiger charge is -2.24. The minimum absolute atomic E-state index is 0.0542. The van der Waals surface area contributed by atoms with E-state index in [-0.39, 0.29) is 23.1 Å². The molecule has 1 aliphatic rings. The van der Waals surface area contributed by atoms with Crippen LogP contribution in [0.3, 0.4) is 0 Å². The van der Waals surface area contributed by atoms with Crippen molar-refractivity contribution in [3.63, 3.8) is 0 Å². The summed E-state index contributed by atoms with van der Waals surface area (Å²) in [4.78, 5) is 12.9. The van der Waals surface area contributed by atoms with Crippen molar-refractivity contribution in [2.45, 2.75) is 25.9 Å². The van der Waals surface area contributed by atoms with E-state index < -0.39 is 15.8 Å². The fourth-order valence-electron chi connectivity index (χ4n) is 2.53. The molecule has 0 aromatic heterocycles. The quantitative estimate of drug-likeness (QED) is 0.907. The van der Waals surface area contributed by atoms with Crippen LogP contribution in [0.25, 0.3) is 0 Å². The Labute approximate surface area is 119 Å². The smallest absolute Gasteiger partial charge is 0.335 e. The summed E-state index contributed by atoms with van der Waals surface area (Å²) in [6.45, 7) is 2.51. The van der Waals surface area contributed by atoms with Crippen LogP contribution in [0, 0.1) is 6.92 Å². The van der Waals surface area contributed by atoms with Crippen molar-refractivity contribution in [3.05, 3.63) is 34.9 Å². The van der Waals surface area contributed by atoms with Crippen molar-refractivity contribution in [2.24, 2.45) is 0 Å². The van der Waals surface area contributed by atoms with Crippen LogP contribution < -0.4 is 0 Å². The summed E-state index contributed by atoms with van der Waals surface area (Å²) in [6, 6.07) is 5.10. The van der Waals surface area contributed by atoms with Crippen LogP contribution >= 0.6 is 0 Å². The van der Waals surface area contributed by atoms with Gasteiger partial charge in [-0.25, -0.2) is 13.2 Å². The first-order valence-corrected chi connectivity index (χ1v) is 8.34. The molecular formula is C14H19NO4S. The molecule has 1 aromatic rings. The molecule has 0 bridgehead atoms. The second kappa shape index (κ2) is 5.54. The van der Waals surface area contributed by atoms with Gasteiger partial charge >= 0.3 is 5.97 Å². The zero-order valence-corrected chi connectivity index (χ0v) is 12.5. The lowest BCUT2D eigenvalue weighted by molar-refractivity contribution is 0.0696. The topological polar surface area (TPSA) is 74.7 Å². The highest BCUT2D eigenvalue weighted by Crippen LogP contribution is 2.20. The minimum atomic E-state index is -2.88. The molecule has 1 aromatic carbocycles. The Morgan fingerprint density at radius 1 is 1.45 bits per heavy atom. The number of hydrogen-bond donors (Lipinski definition) is 1. The van der Waals surface area contributed by atoms with Crippen LogP contribution in [-0.2, 0) is 16.4 Å². The Kier molecular flexibility index (Phi) is 4.15. The number of aromatic carboxylic acids is 1. The van der Waals surface area contributed by atoms with Crippen LogP contribution in [0.2, 0.25) is 0 Å². The molecule has 1 fully saturated rings. The molecule has 0 aliphatic carbocycles. The van der Waals surface area contributed by atoms with Gasteiger partial charge in [-0.15, -0.1) is 0 Å². The molecule has 1 atom stereocenters. The molecule has 1 saturated heterocycles. The Balaban J connectivity index is 2.08. The third kappa shape index (κ3) is 3.37. The Bertz CT molecular complexity index is 624. The molecule has 0 spiro atoms. The van der Waals surface area contributed by atoms with Crippen molar-refractivity contribution in [3.8, 4) is 0 Å². The number of hydrogen-bond acceptors (Lipinski definition) is 4. The van der Waals surface area contributed by atoms with Gasteiger partial charge in [-0.1, -0.05) is 6.07 Å². The number of benzene rings is 1. The second-order valence-electron chi connectivity index (χ2n) is 5.42. The van der Waals surface area contributed by atoms with E-state index in [0.29, 0.717) is 13.0 Å². The standard InChI is InChI=1S/C14H19NO4S/c1-10-7-11(14(16)17)3-4-12(10)8-15(2)13-5-6-20(18,19)9-13/h3-4,7,13H,5-6,8-9H2,1-2H3,(H,16,17). The Morgan fingerprint density at radius 2 is 2.15 bits per heavy atom. The van der Waals surface area contributed by atoms with Crippen LogP contribution in [-0.4, -0.2) is 49.0 Å². The average Bonchev–Trinajstić information content (AvgIpc) is 2.72. The van der Waals surface area contributed by atoms with E-state index in [9.17, 15) is 13.2 Å². The van der Waals surface area contributed by atoms with Crippen molar-refractivity contribution < 1.29 is 18.3 Å². The zero-order valence-electron chi connectivity index (χ0n) is 11.7. The molecule has 1 heterocycles. The van der Waals surface area contributed by atoms with E-state index in [1.165, 1.54) is 0 Å². The number of carboxylic acid groups (broad SMARTS) is 1. The Morgan fingerprint density at radius 3 is 2.65 bits per heavy atom. The van der Waals surface area contributed by atoms with Gasteiger partial charge in [0.1, 0.15) is 0 Å². The van der Waals surface area contributed by atoms with Gasteiger partial charge in [-0.2, -0.15) is 0 Å². The summed E-state index contributed by atoms with van der Waals surface area (Å²) >= 11 is 0. The molecule has 2 rings (SSSR count). The number of carboxylic acids is 1. The van der Waals surface area contributed by atoms with Crippen LogP contribution in [0.15, 0.2) is 18.2 Å². The molecular weight excluding hydrogens is 278 g/mol. The normalized spacial score (nSPS) is 21.2. The van der Waals surface area contributed by atoms with Gasteiger partial charge in [0.2, 0.25) is 0 Å². The SMILES string of the molecule is Cc1cc(C(=O)O)ccc1CN(C)C1CCS(=O)(=O)C1. The minimum Gasteiger partial charge on any atom is -0.478 e. The molecule has 0 radical (unpaired) electrons. The van der Waals surface area contributed by atoms with E-state index in [1.807, 2.05) is 18.9 Å². The Hall–Kier alpha value is -1.40. The van der Waals surface area contributed by atoms with Gasteiger partial charge in [0.25, 0.3) is 0 Å². The lowest BCUT2D eigenvalue weighted by Crippen LogP contribution is -2.32. The van der Waals surface area contributed by atoms with Gasteiger partial charge in [-0.3, -0.25) is 4.90 Å². The zero-order chi connectivity index (χ0) is 14.9. The van der Waals surface area contributed by atoms with Crippen LogP contribution in [0.4, 0.5) is 0 Å². The summed E-state index contributed by atoms with van der Waals surface area (Å²) in [5.41, 5.74) is 2.22. The maximum atomic E-state index is 11.5. The highest BCUT2D eigenvalue weighted by atomic mass is 32.2. The number of rotatable bonds is 4. The van der Waals surface area contributed by atoms with E-state index in [0.717, 1.165) is 11.1 Å². The highest BCUT2D eigenvalue weighted by Gasteiger charge is 2.30. The molecule has 110 valence electrons. The molecule has 6 heteroatoms. The van der Waals surface area contributed by atoms with Gasteiger partial charge in [-0.05, 0) is 43.7 Å². The highest BCUT2D eigenvalue weighted by molar-refractivity contribution is 7.91. The first kappa shape index (κ1) is 15.0. The van der Waals surface area contributed by atoms with Gasteiger partial charge in [0.05, 0.1) is 17.1 Å². The van der Waals surface area contributed by atoms with Crippen molar-refractivity contribution in [1.82, 2.24) is 4.90 Å². The van der Waals surface area contributed by atoms with Gasteiger partial charge in [0, 0.05) is 12.6 Å².